The molecule has 2 nitrogen and oxygen atoms in total. The number of hydrazone groups is 1. The predicted molar refractivity (Wildman–Crippen MR) is 79.0 cm³/mol. The quantitative estimate of drug-likeness (QED) is 0.592. The number of benzene rings is 2. The third-order valence-corrected chi connectivity index (χ3v) is 3.15. The summed E-state index contributed by atoms with van der Waals surface area (Å²) in [5, 5.41) is 4.85. The number of hydrogen-bond acceptors (Lipinski definition) is 2. The molecule has 0 radical (unpaired) electrons. The maximum atomic E-state index is 13.0. The van der Waals surface area contributed by atoms with Gasteiger partial charge in [0.05, 0.1) is 21.9 Å². The van der Waals surface area contributed by atoms with Crippen molar-refractivity contribution >= 4 is 46.7 Å². The van der Waals surface area contributed by atoms with Crippen LogP contribution in [0.1, 0.15) is 5.56 Å². The van der Waals surface area contributed by atoms with Gasteiger partial charge < -0.3 is 0 Å². The Kier molecular flexibility index (Phi) is 4.81. The van der Waals surface area contributed by atoms with E-state index in [-0.39, 0.29) is 0 Å². The fraction of sp³-hybridized carbons (Fsp3) is 0. The van der Waals surface area contributed by atoms with Gasteiger partial charge in [0.1, 0.15) is 0 Å². The third-order valence-electron chi connectivity index (χ3n) is 2.34. The molecule has 2 aromatic carbocycles. The SMILES string of the molecule is Fc1ccc(/C=N/Nc2c(Cl)cc(Cl)cc2Cl)cc1F. The molecule has 0 aliphatic carbocycles. The minimum atomic E-state index is -0.948. The van der Waals surface area contributed by atoms with Gasteiger partial charge in [0.2, 0.25) is 0 Å². The summed E-state index contributed by atoms with van der Waals surface area (Å²) >= 11 is 17.7. The first kappa shape index (κ1) is 15.0. The molecular weight excluding hydrogens is 329 g/mol. The van der Waals surface area contributed by atoms with Gasteiger partial charge in [-0.05, 0) is 29.8 Å². The minimum Gasteiger partial charge on any atom is -0.275 e. The Morgan fingerprint density at radius 2 is 1.60 bits per heavy atom. The van der Waals surface area contributed by atoms with Gasteiger partial charge in [-0.25, -0.2) is 8.78 Å². The molecule has 0 spiro atoms. The van der Waals surface area contributed by atoms with Crippen molar-refractivity contribution in [3.63, 3.8) is 0 Å². The number of anilines is 1. The summed E-state index contributed by atoms with van der Waals surface area (Å²) in [6.45, 7) is 0. The Balaban J connectivity index is 2.16. The van der Waals surface area contributed by atoms with Crippen LogP contribution in [0.4, 0.5) is 14.5 Å². The van der Waals surface area contributed by atoms with E-state index < -0.39 is 11.6 Å². The molecule has 0 heterocycles. The van der Waals surface area contributed by atoms with Crippen LogP contribution in [0.25, 0.3) is 0 Å². The van der Waals surface area contributed by atoms with Crippen LogP contribution in [-0.4, -0.2) is 6.21 Å². The van der Waals surface area contributed by atoms with Gasteiger partial charge in [0.25, 0.3) is 0 Å². The second kappa shape index (κ2) is 6.39. The van der Waals surface area contributed by atoms with Crippen molar-refractivity contribution in [2.45, 2.75) is 0 Å². The molecule has 2 aromatic rings. The topological polar surface area (TPSA) is 24.4 Å². The van der Waals surface area contributed by atoms with Crippen LogP contribution in [0.2, 0.25) is 15.1 Å². The monoisotopic (exact) mass is 334 g/mol. The maximum absolute atomic E-state index is 13.0. The summed E-state index contributed by atoms with van der Waals surface area (Å²) in [6, 6.07) is 6.42. The van der Waals surface area contributed by atoms with E-state index in [4.69, 9.17) is 34.8 Å². The van der Waals surface area contributed by atoms with E-state index in [2.05, 4.69) is 10.5 Å². The summed E-state index contributed by atoms with van der Waals surface area (Å²) in [6.07, 6.45) is 1.31. The van der Waals surface area contributed by atoms with Gasteiger partial charge in [-0.15, -0.1) is 0 Å². The molecule has 0 bridgehead atoms. The lowest BCUT2D eigenvalue weighted by molar-refractivity contribution is 0.508. The summed E-state index contributed by atoms with van der Waals surface area (Å²) in [4.78, 5) is 0. The number of halogens is 5. The Hall–Kier alpha value is -1.36. The fourth-order valence-electron chi connectivity index (χ4n) is 1.41. The normalized spacial score (nSPS) is 11.1. The van der Waals surface area contributed by atoms with Crippen LogP contribution < -0.4 is 5.43 Å². The highest BCUT2D eigenvalue weighted by Gasteiger charge is 2.06. The van der Waals surface area contributed by atoms with Gasteiger partial charge >= 0.3 is 0 Å². The zero-order valence-corrected chi connectivity index (χ0v) is 12.1. The molecule has 2 rings (SSSR count). The third kappa shape index (κ3) is 3.60. The second-order valence-electron chi connectivity index (χ2n) is 3.79. The lowest BCUT2D eigenvalue weighted by Crippen LogP contribution is -1.94. The van der Waals surface area contributed by atoms with Crippen molar-refractivity contribution in [1.29, 1.82) is 0 Å². The molecule has 0 aliphatic heterocycles. The largest absolute Gasteiger partial charge is 0.275 e. The first-order valence-corrected chi connectivity index (χ1v) is 6.49. The number of hydrogen-bond donors (Lipinski definition) is 1. The van der Waals surface area contributed by atoms with Gasteiger partial charge in [0, 0.05) is 5.02 Å². The molecule has 0 atom stereocenters. The van der Waals surface area contributed by atoms with Crippen molar-refractivity contribution < 1.29 is 8.78 Å². The van der Waals surface area contributed by atoms with E-state index >= 15 is 0 Å². The van der Waals surface area contributed by atoms with E-state index in [9.17, 15) is 8.78 Å². The van der Waals surface area contributed by atoms with Crippen LogP contribution >= 0.6 is 34.8 Å². The van der Waals surface area contributed by atoms with Crippen LogP contribution in [0.5, 0.6) is 0 Å². The van der Waals surface area contributed by atoms with E-state index in [0.29, 0.717) is 26.3 Å². The van der Waals surface area contributed by atoms with Crippen LogP contribution in [0.15, 0.2) is 35.4 Å². The van der Waals surface area contributed by atoms with Gasteiger partial charge in [-0.1, -0.05) is 40.9 Å². The van der Waals surface area contributed by atoms with Gasteiger partial charge in [-0.3, -0.25) is 5.43 Å². The summed E-state index contributed by atoms with van der Waals surface area (Å²) < 4.78 is 25.7. The molecule has 20 heavy (non-hydrogen) atoms. The predicted octanol–water partition coefficient (Wildman–Crippen LogP) is 5.37. The average Bonchev–Trinajstić information content (AvgIpc) is 2.36. The molecule has 0 saturated heterocycles. The Morgan fingerprint density at radius 1 is 0.950 bits per heavy atom. The average molecular weight is 336 g/mol. The number of nitrogens with zero attached hydrogens (tertiary/aromatic N) is 1. The molecule has 0 amide bonds. The minimum absolute atomic E-state index is 0.296. The highest BCUT2D eigenvalue weighted by atomic mass is 35.5. The number of rotatable bonds is 3. The van der Waals surface area contributed by atoms with E-state index in [1.165, 1.54) is 24.4 Å². The Bertz CT molecular complexity index is 652. The summed E-state index contributed by atoms with van der Waals surface area (Å²) in [7, 11) is 0. The van der Waals surface area contributed by atoms with Crippen molar-refractivity contribution in [2.75, 3.05) is 5.43 Å². The zero-order chi connectivity index (χ0) is 14.7. The van der Waals surface area contributed by atoms with E-state index in [0.717, 1.165) is 12.1 Å². The highest BCUT2D eigenvalue weighted by Crippen LogP contribution is 2.33. The molecule has 0 saturated carbocycles. The van der Waals surface area contributed by atoms with Crippen LogP contribution in [-0.2, 0) is 0 Å². The lowest BCUT2D eigenvalue weighted by atomic mass is 10.2. The molecule has 104 valence electrons. The van der Waals surface area contributed by atoms with Crippen molar-refractivity contribution in [1.82, 2.24) is 0 Å². The van der Waals surface area contributed by atoms with Gasteiger partial charge in [-0.2, -0.15) is 5.10 Å². The standard InChI is InChI=1S/C13H7Cl3F2N2/c14-8-4-9(15)13(10(16)5-8)20-19-6-7-1-2-11(17)12(18)3-7/h1-6,20H/b19-6+. The molecular formula is C13H7Cl3F2N2. The summed E-state index contributed by atoms with van der Waals surface area (Å²) in [5.41, 5.74) is 3.38. The van der Waals surface area contributed by atoms with Crippen molar-refractivity contribution in [3.8, 4) is 0 Å². The first-order chi connectivity index (χ1) is 9.47. The summed E-state index contributed by atoms with van der Waals surface area (Å²) in [5.74, 6) is -1.87. The molecule has 1 N–H and O–H groups in total. The lowest BCUT2D eigenvalue weighted by Gasteiger charge is -2.06. The highest BCUT2D eigenvalue weighted by molar-refractivity contribution is 6.41. The van der Waals surface area contributed by atoms with E-state index in [1.54, 1.807) is 0 Å². The molecule has 0 aliphatic rings. The molecule has 0 unspecified atom stereocenters. The van der Waals surface area contributed by atoms with Gasteiger partial charge in [0.15, 0.2) is 11.6 Å². The molecule has 0 fully saturated rings. The second-order valence-corrected chi connectivity index (χ2v) is 5.04. The molecule has 0 aromatic heterocycles. The fourth-order valence-corrected chi connectivity index (χ4v) is 2.31. The van der Waals surface area contributed by atoms with Crippen LogP contribution in [0, 0.1) is 11.6 Å². The smallest absolute Gasteiger partial charge is 0.159 e. The van der Waals surface area contributed by atoms with Crippen LogP contribution in [0.3, 0.4) is 0 Å². The molecule has 7 heteroatoms. The van der Waals surface area contributed by atoms with Crippen molar-refractivity contribution in [3.05, 3.63) is 62.6 Å². The Labute approximate surface area is 129 Å². The van der Waals surface area contributed by atoms with Crippen molar-refractivity contribution in [2.24, 2.45) is 5.10 Å². The van der Waals surface area contributed by atoms with E-state index in [1.807, 2.05) is 0 Å². The first-order valence-electron chi connectivity index (χ1n) is 5.36. The maximum Gasteiger partial charge on any atom is 0.159 e. The Morgan fingerprint density at radius 3 is 2.20 bits per heavy atom. The zero-order valence-electron chi connectivity index (χ0n) is 9.80. The number of nitrogens with one attached hydrogen (secondary N) is 1.